The maximum Gasteiger partial charge on any atom is 0.232 e. The van der Waals surface area contributed by atoms with Crippen LogP contribution in [-0.2, 0) is 15.6 Å². The van der Waals surface area contributed by atoms with Crippen molar-refractivity contribution in [2.45, 2.75) is 32.4 Å². The summed E-state index contributed by atoms with van der Waals surface area (Å²) in [5.41, 5.74) is 3.79. The van der Waals surface area contributed by atoms with Gasteiger partial charge in [-0.1, -0.05) is 18.2 Å². The summed E-state index contributed by atoms with van der Waals surface area (Å²) in [4.78, 5) is 11.8. The summed E-state index contributed by atoms with van der Waals surface area (Å²) in [6.45, 7) is 9.29. The van der Waals surface area contributed by atoms with Crippen molar-refractivity contribution in [3.8, 4) is 0 Å². The van der Waals surface area contributed by atoms with Gasteiger partial charge in [0.2, 0.25) is 16.0 Å². The fraction of sp³-hybridized carbons (Fsp3) is 0.357. The fourth-order valence-electron chi connectivity index (χ4n) is 5.05. The molecule has 3 heterocycles. The minimum Gasteiger partial charge on any atom is -0.369 e. The van der Waals surface area contributed by atoms with E-state index in [0.717, 1.165) is 41.9 Å². The Hall–Kier alpha value is -3.63. The molecule has 0 aliphatic carbocycles. The minimum atomic E-state index is -3.42. The summed E-state index contributed by atoms with van der Waals surface area (Å²) in [7, 11) is -1.84. The van der Waals surface area contributed by atoms with E-state index in [4.69, 9.17) is 4.98 Å². The average Bonchev–Trinajstić information content (AvgIpc) is 3.32. The van der Waals surface area contributed by atoms with Gasteiger partial charge in [0.25, 0.3) is 0 Å². The molecule has 38 heavy (non-hydrogen) atoms. The van der Waals surface area contributed by atoms with Crippen LogP contribution in [0.1, 0.15) is 26.3 Å². The van der Waals surface area contributed by atoms with Gasteiger partial charge in [0.1, 0.15) is 5.65 Å². The standard InChI is InChI=1S/C28H35N7O2S/c1-20-19-34(17-15-29-20)23-12-10-22(11-13-23)31-27-30-18-21-14-16-35(26(21)32-27)28(2,3)24-8-6-7-9-25(24)33(4)38(5,36)37/h6-14,16,18,20,29H,15,17,19H2,1-5H3,(H,30,31,32). The quantitative estimate of drug-likeness (QED) is 0.368. The van der Waals surface area contributed by atoms with Gasteiger partial charge >= 0.3 is 0 Å². The fourth-order valence-corrected chi connectivity index (χ4v) is 5.57. The van der Waals surface area contributed by atoms with Gasteiger partial charge in [-0.3, -0.25) is 4.31 Å². The van der Waals surface area contributed by atoms with Crippen molar-refractivity contribution in [3.63, 3.8) is 0 Å². The highest BCUT2D eigenvalue weighted by atomic mass is 32.2. The number of benzene rings is 2. The Kier molecular flexibility index (Phi) is 6.79. The third-order valence-electron chi connectivity index (χ3n) is 7.29. The van der Waals surface area contributed by atoms with Crippen LogP contribution in [0.3, 0.4) is 0 Å². The molecule has 0 amide bonds. The van der Waals surface area contributed by atoms with E-state index in [1.54, 1.807) is 7.05 Å². The largest absolute Gasteiger partial charge is 0.369 e. The zero-order chi connectivity index (χ0) is 27.1. The minimum absolute atomic E-state index is 0.473. The van der Waals surface area contributed by atoms with Gasteiger partial charge in [0, 0.05) is 67.4 Å². The second-order valence-electron chi connectivity index (χ2n) is 10.4. The Bertz CT molecular complexity index is 1550. The van der Waals surface area contributed by atoms with Gasteiger partial charge in [0.15, 0.2) is 0 Å². The molecule has 0 spiro atoms. The smallest absolute Gasteiger partial charge is 0.232 e. The number of sulfonamides is 1. The van der Waals surface area contributed by atoms with Crippen LogP contribution in [0.2, 0.25) is 0 Å². The third-order valence-corrected chi connectivity index (χ3v) is 8.48. The molecule has 2 N–H and O–H groups in total. The van der Waals surface area contributed by atoms with Crippen LogP contribution >= 0.6 is 0 Å². The number of anilines is 4. The zero-order valence-electron chi connectivity index (χ0n) is 22.5. The number of nitrogens with zero attached hydrogens (tertiary/aromatic N) is 5. The molecule has 0 radical (unpaired) electrons. The number of nitrogens with one attached hydrogen (secondary N) is 2. The lowest BCUT2D eigenvalue weighted by Gasteiger charge is -2.33. The number of rotatable bonds is 7. The van der Waals surface area contributed by atoms with Gasteiger partial charge < -0.3 is 20.1 Å². The monoisotopic (exact) mass is 533 g/mol. The summed E-state index contributed by atoms with van der Waals surface area (Å²) in [5.74, 6) is 0.498. The number of hydrogen-bond donors (Lipinski definition) is 2. The predicted octanol–water partition coefficient (Wildman–Crippen LogP) is 4.15. The Morgan fingerprint density at radius 2 is 1.84 bits per heavy atom. The second-order valence-corrected chi connectivity index (χ2v) is 12.5. The van der Waals surface area contributed by atoms with E-state index in [1.165, 1.54) is 16.2 Å². The molecule has 2 aromatic carbocycles. The summed E-state index contributed by atoms with van der Waals surface area (Å²) < 4.78 is 28.1. The molecular weight excluding hydrogens is 498 g/mol. The van der Waals surface area contributed by atoms with E-state index in [1.807, 2.05) is 42.7 Å². The lowest BCUT2D eigenvalue weighted by Crippen LogP contribution is -2.49. The second kappa shape index (κ2) is 9.92. The first-order chi connectivity index (χ1) is 18.0. The van der Waals surface area contributed by atoms with E-state index < -0.39 is 15.6 Å². The average molecular weight is 534 g/mol. The molecule has 1 fully saturated rings. The number of hydrogen-bond acceptors (Lipinski definition) is 7. The van der Waals surface area contributed by atoms with Crippen LogP contribution < -0.4 is 19.8 Å². The number of para-hydroxylation sites is 1. The van der Waals surface area contributed by atoms with Crippen molar-refractivity contribution in [2.75, 3.05) is 47.5 Å². The SMILES string of the molecule is CC1CN(c2ccc(Nc3ncc4ccn(C(C)(C)c5ccccc5N(C)S(C)(=O)=O)c4n3)cc2)CCN1. The van der Waals surface area contributed by atoms with Gasteiger partial charge in [-0.25, -0.2) is 13.4 Å². The Morgan fingerprint density at radius 3 is 2.55 bits per heavy atom. The highest BCUT2D eigenvalue weighted by Gasteiger charge is 2.30. The molecular formula is C28H35N7O2S. The molecule has 1 unspecified atom stereocenters. The van der Waals surface area contributed by atoms with E-state index in [0.29, 0.717) is 17.7 Å². The maximum atomic E-state index is 12.3. The van der Waals surface area contributed by atoms with Gasteiger partial charge in [0.05, 0.1) is 17.5 Å². The highest BCUT2D eigenvalue weighted by Crippen LogP contribution is 2.36. The molecule has 2 aromatic heterocycles. The van der Waals surface area contributed by atoms with Crippen LogP contribution in [0.5, 0.6) is 0 Å². The molecule has 1 saturated heterocycles. The molecule has 1 aliphatic heterocycles. The molecule has 4 aromatic rings. The van der Waals surface area contributed by atoms with Crippen molar-refractivity contribution < 1.29 is 8.42 Å². The van der Waals surface area contributed by atoms with Gasteiger partial charge in [-0.2, -0.15) is 4.98 Å². The van der Waals surface area contributed by atoms with Crippen LogP contribution in [0.15, 0.2) is 67.0 Å². The Balaban J connectivity index is 1.44. The first-order valence-corrected chi connectivity index (χ1v) is 14.6. The van der Waals surface area contributed by atoms with E-state index in [9.17, 15) is 8.42 Å². The first kappa shape index (κ1) is 26.0. The maximum absolute atomic E-state index is 12.3. The van der Waals surface area contributed by atoms with Crippen molar-refractivity contribution in [3.05, 3.63) is 72.6 Å². The molecule has 10 heteroatoms. The summed E-state index contributed by atoms with van der Waals surface area (Å²) in [6, 6.07) is 18.4. The molecule has 1 atom stereocenters. The molecule has 1 aliphatic rings. The van der Waals surface area contributed by atoms with E-state index in [2.05, 4.69) is 70.1 Å². The van der Waals surface area contributed by atoms with Crippen molar-refractivity contribution in [1.82, 2.24) is 19.9 Å². The highest BCUT2D eigenvalue weighted by molar-refractivity contribution is 7.92. The number of piperazine rings is 1. The van der Waals surface area contributed by atoms with Crippen LogP contribution in [0.4, 0.5) is 23.0 Å². The number of aromatic nitrogens is 3. The normalized spacial score (nSPS) is 16.6. The van der Waals surface area contributed by atoms with Crippen molar-refractivity contribution >= 4 is 44.1 Å². The molecule has 5 rings (SSSR count). The molecule has 0 saturated carbocycles. The lowest BCUT2D eigenvalue weighted by atomic mass is 9.92. The molecule has 200 valence electrons. The van der Waals surface area contributed by atoms with Gasteiger partial charge in [-0.15, -0.1) is 0 Å². The van der Waals surface area contributed by atoms with Crippen molar-refractivity contribution in [2.24, 2.45) is 0 Å². The Morgan fingerprint density at radius 1 is 1.11 bits per heavy atom. The molecule has 9 nitrogen and oxygen atoms in total. The zero-order valence-corrected chi connectivity index (χ0v) is 23.3. The van der Waals surface area contributed by atoms with Crippen LogP contribution in [-0.4, -0.2) is 61.9 Å². The first-order valence-electron chi connectivity index (χ1n) is 12.8. The predicted molar refractivity (Wildman–Crippen MR) is 155 cm³/mol. The van der Waals surface area contributed by atoms with Crippen molar-refractivity contribution in [1.29, 1.82) is 0 Å². The topological polar surface area (TPSA) is 95.4 Å². The number of fused-ring (bicyclic) bond motifs is 1. The van der Waals surface area contributed by atoms with E-state index in [-0.39, 0.29) is 0 Å². The Labute approximate surface area is 224 Å². The van der Waals surface area contributed by atoms with Gasteiger partial charge in [-0.05, 0) is 57.2 Å². The third kappa shape index (κ3) is 5.06. The lowest BCUT2D eigenvalue weighted by molar-refractivity contribution is 0.449. The summed E-state index contributed by atoms with van der Waals surface area (Å²) in [6.07, 6.45) is 5.00. The van der Waals surface area contributed by atoms with E-state index >= 15 is 0 Å². The van der Waals surface area contributed by atoms with Crippen LogP contribution in [0, 0.1) is 0 Å². The summed E-state index contributed by atoms with van der Waals surface area (Å²) >= 11 is 0. The molecule has 0 bridgehead atoms. The van der Waals surface area contributed by atoms with Crippen LogP contribution in [0.25, 0.3) is 11.0 Å². The summed E-state index contributed by atoms with van der Waals surface area (Å²) in [5, 5.41) is 7.72.